The third-order valence-electron chi connectivity index (χ3n) is 4.79. The number of aryl methyl sites for hydroxylation is 1. The van der Waals surface area contributed by atoms with E-state index >= 15 is 0 Å². The maximum Gasteiger partial charge on any atom is 0.322 e. The molecule has 1 atom stereocenters. The highest BCUT2D eigenvalue weighted by atomic mass is 32.2. The summed E-state index contributed by atoms with van der Waals surface area (Å²) in [7, 11) is 1.64. The lowest BCUT2D eigenvalue weighted by Gasteiger charge is -2.15. The van der Waals surface area contributed by atoms with Gasteiger partial charge in [0.1, 0.15) is 5.75 Å². The predicted molar refractivity (Wildman–Crippen MR) is 99.8 cm³/mol. The van der Waals surface area contributed by atoms with Crippen molar-refractivity contribution < 1.29 is 14.0 Å². The van der Waals surface area contributed by atoms with Gasteiger partial charge in [0, 0.05) is 28.5 Å². The number of H-pyrrole nitrogens is 1. The van der Waals surface area contributed by atoms with Crippen molar-refractivity contribution in [3.63, 3.8) is 0 Å². The number of nitrogens with one attached hydrogen (secondary N) is 1. The summed E-state index contributed by atoms with van der Waals surface area (Å²) in [5.74, 6) is 1.09. The fourth-order valence-corrected chi connectivity index (χ4v) is 4.47. The summed E-state index contributed by atoms with van der Waals surface area (Å²) in [6, 6.07) is 4.12. The molecule has 0 radical (unpaired) electrons. The Bertz CT molecular complexity index is 927. The number of hydrogen-bond donors (Lipinski definition) is 1. The van der Waals surface area contributed by atoms with E-state index in [0.717, 1.165) is 46.6 Å². The van der Waals surface area contributed by atoms with Gasteiger partial charge in [-0.15, -0.1) is 0 Å². The number of aromatic amines is 1. The SMILES string of the molecule is COc1c(C)cnc(C[S+]([O-])c2nc3cc4c(cc3[nH]2)COCC4)c1C. The van der Waals surface area contributed by atoms with Crippen LogP contribution in [-0.2, 0) is 34.7 Å². The second-order valence-electron chi connectivity index (χ2n) is 6.52. The minimum Gasteiger partial charge on any atom is -0.609 e. The molecule has 1 N–H and O–H groups in total. The molecular weight excluding hydrogens is 350 g/mol. The van der Waals surface area contributed by atoms with E-state index in [9.17, 15) is 4.55 Å². The van der Waals surface area contributed by atoms with Gasteiger partial charge in [0.2, 0.25) is 0 Å². The Morgan fingerprint density at radius 3 is 2.96 bits per heavy atom. The van der Waals surface area contributed by atoms with E-state index in [1.165, 1.54) is 11.1 Å². The van der Waals surface area contributed by atoms with Crippen LogP contribution in [0.25, 0.3) is 11.0 Å². The molecule has 0 saturated carbocycles. The molecule has 0 aliphatic carbocycles. The van der Waals surface area contributed by atoms with E-state index in [1.807, 2.05) is 13.8 Å². The number of rotatable bonds is 4. The molecule has 0 bridgehead atoms. The number of imidazole rings is 1. The summed E-state index contributed by atoms with van der Waals surface area (Å²) in [5, 5.41) is 0.476. The smallest absolute Gasteiger partial charge is 0.322 e. The first kappa shape index (κ1) is 17.3. The fourth-order valence-electron chi connectivity index (χ4n) is 3.37. The maximum atomic E-state index is 12.9. The van der Waals surface area contributed by atoms with E-state index in [1.54, 1.807) is 13.3 Å². The number of hydrogen-bond acceptors (Lipinski definition) is 5. The molecule has 4 rings (SSSR count). The van der Waals surface area contributed by atoms with Gasteiger partial charge in [0.25, 0.3) is 0 Å². The lowest BCUT2D eigenvalue weighted by Crippen LogP contribution is -2.10. The van der Waals surface area contributed by atoms with Crippen molar-refractivity contribution >= 4 is 22.2 Å². The molecular formula is C19H21N3O3S. The molecule has 6 nitrogen and oxygen atoms in total. The number of pyridine rings is 1. The van der Waals surface area contributed by atoms with Crippen LogP contribution in [0.3, 0.4) is 0 Å². The van der Waals surface area contributed by atoms with Crippen LogP contribution in [0.15, 0.2) is 23.5 Å². The summed E-state index contributed by atoms with van der Waals surface area (Å²) in [5.41, 5.74) is 6.82. The molecule has 0 spiro atoms. The second-order valence-corrected chi connectivity index (χ2v) is 7.89. The minimum atomic E-state index is -1.31. The Labute approximate surface area is 155 Å². The average molecular weight is 371 g/mol. The van der Waals surface area contributed by atoms with Crippen LogP contribution >= 0.6 is 0 Å². The van der Waals surface area contributed by atoms with E-state index < -0.39 is 11.2 Å². The van der Waals surface area contributed by atoms with Gasteiger partial charge in [-0.25, -0.2) is 0 Å². The Morgan fingerprint density at radius 2 is 2.15 bits per heavy atom. The van der Waals surface area contributed by atoms with Crippen LogP contribution < -0.4 is 4.74 Å². The first-order valence-electron chi connectivity index (χ1n) is 8.53. The zero-order chi connectivity index (χ0) is 18.3. The van der Waals surface area contributed by atoms with E-state index in [2.05, 4.69) is 27.1 Å². The standard InChI is InChI=1S/C19H21N3O3S/c1-11-8-20-17(12(2)18(11)24-3)10-26(23)19-21-15-6-13-4-5-25-9-14(13)7-16(15)22-19/h6-8H,4-5,9-10H2,1-3H3,(H,21,22). The van der Waals surface area contributed by atoms with Crippen LogP contribution in [0, 0.1) is 13.8 Å². The summed E-state index contributed by atoms with van der Waals surface area (Å²) >= 11 is -1.31. The summed E-state index contributed by atoms with van der Waals surface area (Å²) < 4.78 is 23.8. The maximum absolute atomic E-state index is 12.9. The molecule has 3 heterocycles. The average Bonchev–Trinajstić information content (AvgIpc) is 3.05. The van der Waals surface area contributed by atoms with Gasteiger partial charge in [-0.3, -0.25) is 9.97 Å². The molecule has 3 aromatic rings. The van der Waals surface area contributed by atoms with Crippen molar-refractivity contribution in [3.8, 4) is 5.75 Å². The van der Waals surface area contributed by atoms with E-state index in [0.29, 0.717) is 17.5 Å². The topological polar surface area (TPSA) is 83.1 Å². The number of benzene rings is 1. The quantitative estimate of drug-likeness (QED) is 0.713. The first-order valence-corrected chi connectivity index (χ1v) is 9.85. The number of nitrogens with zero attached hydrogens (tertiary/aromatic N) is 2. The van der Waals surface area contributed by atoms with Crippen LogP contribution in [-0.4, -0.2) is 33.2 Å². The number of ether oxygens (including phenoxy) is 2. The summed E-state index contributed by atoms with van der Waals surface area (Å²) in [6.45, 7) is 5.25. The number of fused-ring (bicyclic) bond motifs is 2. The number of aromatic nitrogens is 3. The van der Waals surface area contributed by atoms with Crippen molar-refractivity contribution in [3.05, 3.63) is 46.3 Å². The van der Waals surface area contributed by atoms with Gasteiger partial charge in [-0.2, -0.15) is 4.98 Å². The third-order valence-corrected chi connectivity index (χ3v) is 5.95. The first-order chi connectivity index (χ1) is 12.6. The Balaban J connectivity index is 1.63. The molecule has 1 aliphatic rings. The lowest BCUT2D eigenvalue weighted by molar-refractivity contribution is 0.111. The van der Waals surface area contributed by atoms with Gasteiger partial charge in [-0.05, 0) is 43.5 Å². The van der Waals surface area contributed by atoms with Crippen molar-refractivity contribution in [2.75, 3.05) is 13.7 Å². The molecule has 26 heavy (non-hydrogen) atoms. The largest absolute Gasteiger partial charge is 0.609 e. The molecule has 1 aliphatic heterocycles. The van der Waals surface area contributed by atoms with Gasteiger partial charge < -0.3 is 14.0 Å². The van der Waals surface area contributed by atoms with Gasteiger partial charge in [-0.1, -0.05) is 0 Å². The molecule has 0 saturated heterocycles. The highest BCUT2D eigenvalue weighted by molar-refractivity contribution is 7.90. The fraction of sp³-hybridized carbons (Fsp3) is 0.368. The zero-order valence-corrected chi connectivity index (χ0v) is 15.9. The van der Waals surface area contributed by atoms with Gasteiger partial charge in [0.05, 0.1) is 37.1 Å². The highest BCUT2D eigenvalue weighted by Gasteiger charge is 2.22. The predicted octanol–water partition coefficient (Wildman–Crippen LogP) is 2.96. The van der Waals surface area contributed by atoms with Crippen LogP contribution in [0.4, 0.5) is 0 Å². The highest BCUT2D eigenvalue weighted by Crippen LogP contribution is 2.28. The van der Waals surface area contributed by atoms with Gasteiger partial charge in [0.15, 0.2) is 5.75 Å². The minimum absolute atomic E-state index is 0.297. The van der Waals surface area contributed by atoms with Gasteiger partial charge >= 0.3 is 5.16 Å². The van der Waals surface area contributed by atoms with Crippen LogP contribution in [0.5, 0.6) is 5.75 Å². The second kappa shape index (κ2) is 6.90. The normalized spacial score (nSPS) is 15.1. The van der Waals surface area contributed by atoms with E-state index in [4.69, 9.17) is 9.47 Å². The van der Waals surface area contributed by atoms with Crippen LogP contribution in [0.2, 0.25) is 0 Å². The Kier molecular flexibility index (Phi) is 4.60. The molecule has 0 fully saturated rings. The third kappa shape index (κ3) is 3.06. The molecule has 1 aromatic carbocycles. The van der Waals surface area contributed by atoms with Crippen molar-refractivity contribution in [1.82, 2.24) is 15.0 Å². The molecule has 0 amide bonds. The Hall–Kier alpha value is -2.09. The molecule has 1 unspecified atom stereocenters. The monoisotopic (exact) mass is 371 g/mol. The van der Waals surface area contributed by atoms with Crippen LogP contribution in [0.1, 0.15) is 27.9 Å². The lowest BCUT2D eigenvalue weighted by atomic mass is 10.0. The van der Waals surface area contributed by atoms with Crippen molar-refractivity contribution in [1.29, 1.82) is 0 Å². The summed E-state index contributed by atoms with van der Waals surface area (Å²) in [4.78, 5) is 12.2. The zero-order valence-electron chi connectivity index (χ0n) is 15.1. The number of methoxy groups -OCH3 is 1. The van der Waals surface area contributed by atoms with Crippen molar-refractivity contribution in [2.24, 2.45) is 0 Å². The van der Waals surface area contributed by atoms with Crippen molar-refractivity contribution in [2.45, 2.75) is 37.8 Å². The molecule has 2 aromatic heterocycles. The molecule has 136 valence electrons. The Morgan fingerprint density at radius 1 is 1.31 bits per heavy atom. The molecule has 7 heteroatoms. The summed E-state index contributed by atoms with van der Waals surface area (Å²) in [6.07, 6.45) is 2.65. The van der Waals surface area contributed by atoms with E-state index in [-0.39, 0.29) is 0 Å².